The number of fused-ring (bicyclic) bond motifs is 1. The quantitative estimate of drug-likeness (QED) is 0.520. The molecule has 1 fully saturated rings. The second kappa shape index (κ2) is 6.77. The van der Waals surface area contributed by atoms with Gasteiger partial charge in [0.15, 0.2) is 0 Å². The number of nitrogens with zero attached hydrogens (tertiary/aromatic N) is 1. The Hall–Kier alpha value is -2.32. The third-order valence-corrected chi connectivity index (χ3v) is 6.11. The number of aromatic nitrogens is 1. The lowest BCUT2D eigenvalue weighted by molar-refractivity contribution is 0.102. The van der Waals surface area contributed by atoms with Gasteiger partial charge in [-0.25, -0.2) is 4.79 Å². The minimum atomic E-state index is -0.197. The molecule has 0 radical (unpaired) electrons. The van der Waals surface area contributed by atoms with E-state index in [-0.39, 0.29) is 11.9 Å². The number of rotatable bonds is 3. The molecule has 4 rings (SSSR count). The topological polar surface area (TPSA) is 77.2 Å². The molecule has 0 atom stereocenters. The summed E-state index contributed by atoms with van der Waals surface area (Å²) in [6, 6.07) is 11.0. The lowest BCUT2D eigenvalue weighted by Crippen LogP contribution is -2.27. The van der Waals surface area contributed by atoms with Crippen LogP contribution in [-0.2, 0) is 0 Å². The van der Waals surface area contributed by atoms with Crippen LogP contribution in [0.2, 0.25) is 0 Å². The number of hydrogen-bond donors (Lipinski definition) is 3. The van der Waals surface area contributed by atoms with E-state index in [0.717, 1.165) is 25.5 Å². The van der Waals surface area contributed by atoms with Crippen molar-refractivity contribution in [3.63, 3.8) is 0 Å². The largest absolute Gasteiger partial charge is 0.360 e. The summed E-state index contributed by atoms with van der Waals surface area (Å²) in [5.74, 6) is -0.197. The van der Waals surface area contributed by atoms with E-state index in [0.29, 0.717) is 24.3 Å². The third-order valence-electron chi connectivity index (χ3n) is 4.26. The van der Waals surface area contributed by atoms with Crippen molar-refractivity contribution >= 4 is 66.1 Å². The Morgan fingerprint density at radius 1 is 1.12 bits per heavy atom. The first-order valence-electron chi connectivity index (χ1n) is 7.96. The maximum absolute atomic E-state index is 12.6. The summed E-state index contributed by atoms with van der Waals surface area (Å²) in [6.07, 6.45) is 1.70. The van der Waals surface area contributed by atoms with E-state index >= 15 is 0 Å². The van der Waals surface area contributed by atoms with Crippen LogP contribution in [0.3, 0.4) is 0 Å². The maximum atomic E-state index is 12.6. The first-order valence-corrected chi connectivity index (χ1v) is 9.54. The van der Waals surface area contributed by atoms with Gasteiger partial charge in [0.1, 0.15) is 0 Å². The Balaban J connectivity index is 1.55. The number of carbonyl (C=O) groups excluding carboxylic acids is 2. The van der Waals surface area contributed by atoms with E-state index in [1.165, 1.54) is 0 Å². The molecule has 1 aromatic heterocycles. The van der Waals surface area contributed by atoms with Gasteiger partial charge >= 0.3 is 6.03 Å². The van der Waals surface area contributed by atoms with Crippen molar-refractivity contribution in [1.29, 1.82) is 0 Å². The van der Waals surface area contributed by atoms with E-state index < -0.39 is 0 Å². The average Bonchev–Trinajstić information content (AvgIpc) is 3.22. The first-order chi connectivity index (χ1) is 12.5. The van der Waals surface area contributed by atoms with E-state index in [9.17, 15) is 9.59 Å². The number of hydrogen-bond acceptors (Lipinski definition) is 2. The minimum Gasteiger partial charge on any atom is -0.360 e. The summed E-state index contributed by atoms with van der Waals surface area (Å²) in [5, 5.41) is 6.50. The molecular formula is C18H14Br2N4O2. The Morgan fingerprint density at radius 2 is 1.85 bits per heavy atom. The Labute approximate surface area is 166 Å². The fourth-order valence-corrected chi connectivity index (χ4v) is 3.63. The molecule has 0 bridgehead atoms. The van der Waals surface area contributed by atoms with Crippen LogP contribution in [0.25, 0.3) is 10.9 Å². The van der Waals surface area contributed by atoms with Gasteiger partial charge in [-0.3, -0.25) is 9.69 Å². The number of amides is 3. The number of nitrogens with one attached hydrogen (secondary N) is 3. The van der Waals surface area contributed by atoms with Crippen LogP contribution in [0.5, 0.6) is 0 Å². The van der Waals surface area contributed by atoms with Crippen LogP contribution in [0.1, 0.15) is 10.4 Å². The predicted molar refractivity (Wildman–Crippen MR) is 109 cm³/mol. The Morgan fingerprint density at radius 3 is 2.54 bits per heavy atom. The fraction of sp³-hybridized carbons (Fsp3) is 0.111. The van der Waals surface area contributed by atoms with Crippen LogP contribution >= 0.6 is 31.9 Å². The molecule has 2 aromatic carbocycles. The molecule has 0 spiro atoms. The highest BCUT2D eigenvalue weighted by molar-refractivity contribution is 9.13. The highest BCUT2D eigenvalue weighted by Crippen LogP contribution is 2.30. The summed E-state index contributed by atoms with van der Waals surface area (Å²) in [5.41, 5.74) is 2.92. The second-order valence-corrected chi connectivity index (χ2v) is 7.61. The number of benzene rings is 2. The van der Waals surface area contributed by atoms with Gasteiger partial charge in [-0.1, -0.05) is 0 Å². The summed E-state index contributed by atoms with van der Waals surface area (Å²) >= 11 is 6.92. The zero-order chi connectivity index (χ0) is 18.3. The van der Waals surface area contributed by atoms with Crippen molar-refractivity contribution in [3.05, 3.63) is 57.1 Å². The van der Waals surface area contributed by atoms with Gasteiger partial charge in [0.2, 0.25) is 0 Å². The predicted octanol–water partition coefficient (Wildman–Crippen LogP) is 4.47. The van der Waals surface area contributed by atoms with Gasteiger partial charge in [0, 0.05) is 50.5 Å². The van der Waals surface area contributed by atoms with Crippen LogP contribution in [0.15, 0.2) is 51.5 Å². The number of H-pyrrole nitrogens is 1. The zero-order valence-corrected chi connectivity index (χ0v) is 16.6. The van der Waals surface area contributed by atoms with Crippen LogP contribution < -0.4 is 15.5 Å². The highest BCUT2D eigenvalue weighted by Gasteiger charge is 2.21. The van der Waals surface area contributed by atoms with Crippen LogP contribution in [0.4, 0.5) is 16.2 Å². The maximum Gasteiger partial charge on any atom is 0.321 e. The van der Waals surface area contributed by atoms with Crippen molar-refractivity contribution in [3.8, 4) is 0 Å². The average molecular weight is 478 g/mol. The van der Waals surface area contributed by atoms with Crippen LogP contribution in [0, 0.1) is 0 Å². The molecule has 2 heterocycles. The fourth-order valence-electron chi connectivity index (χ4n) is 2.95. The molecule has 1 aliphatic heterocycles. The first kappa shape index (κ1) is 17.1. The smallest absolute Gasteiger partial charge is 0.321 e. The summed E-state index contributed by atoms with van der Waals surface area (Å²) in [4.78, 5) is 29.1. The van der Waals surface area contributed by atoms with Crippen LogP contribution in [-0.4, -0.2) is 30.0 Å². The molecule has 26 heavy (non-hydrogen) atoms. The van der Waals surface area contributed by atoms with Crippen molar-refractivity contribution in [2.24, 2.45) is 0 Å². The minimum absolute atomic E-state index is 0.0997. The highest BCUT2D eigenvalue weighted by atomic mass is 79.9. The van der Waals surface area contributed by atoms with Crippen molar-refractivity contribution in [2.75, 3.05) is 23.3 Å². The molecule has 3 aromatic rings. The normalized spacial score (nSPS) is 13.9. The van der Waals surface area contributed by atoms with Gasteiger partial charge in [-0.15, -0.1) is 0 Å². The molecule has 0 unspecified atom stereocenters. The van der Waals surface area contributed by atoms with E-state index in [1.807, 2.05) is 24.3 Å². The standard InChI is InChI=1S/C18H14Br2N4O2/c19-14-7-12-13(9-22-16(12)8-15(14)20)17(25)23-10-1-3-11(4-2-10)24-6-5-21-18(24)26/h1-4,7-9,22H,5-6H2,(H,21,26)(H,23,25). The Kier molecular flexibility index (Phi) is 4.46. The van der Waals surface area contributed by atoms with E-state index in [1.54, 1.807) is 23.2 Å². The van der Waals surface area contributed by atoms with Gasteiger partial charge in [0.25, 0.3) is 5.91 Å². The van der Waals surface area contributed by atoms with Crippen molar-refractivity contribution in [1.82, 2.24) is 10.3 Å². The van der Waals surface area contributed by atoms with Gasteiger partial charge in [-0.05, 0) is 68.3 Å². The van der Waals surface area contributed by atoms with E-state index in [2.05, 4.69) is 47.5 Å². The lowest BCUT2D eigenvalue weighted by atomic mass is 10.1. The monoisotopic (exact) mass is 476 g/mol. The third kappa shape index (κ3) is 3.10. The molecule has 0 aliphatic carbocycles. The molecule has 0 saturated carbocycles. The number of anilines is 2. The molecule has 132 valence electrons. The van der Waals surface area contributed by atoms with Crippen molar-refractivity contribution in [2.45, 2.75) is 0 Å². The van der Waals surface area contributed by atoms with Crippen molar-refractivity contribution < 1.29 is 9.59 Å². The summed E-state index contributed by atoms with van der Waals surface area (Å²) in [7, 11) is 0. The zero-order valence-electron chi connectivity index (χ0n) is 13.5. The molecule has 8 heteroatoms. The number of halogens is 2. The number of carbonyl (C=O) groups is 2. The number of urea groups is 1. The number of aromatic amines is 1. The van der Waals surface area contributed by atoms with Gasteiger partial charge in [-0.2, -0.15) is 0 Å². The molecule has 1 aliphatic rings. The second-order valence-electron chi connectivity index (χ2n) is 5.90. The molecule has 3 N–H and O–H groups in total. The summed E-state index contributed by atoms with van der Waals surface area (Å²) in [6.45, 7) is 1.29. The van der Waals surface area contributed by atoms with Gasteiger partial charge in [0.05, 0.1) is 5.56 Å². The lowest BCUT2D eigenvalue weighted by Gasteiger charge is -2.14. The summed E-state index contributed by atoms with van der Waals surface area (Å²) < 4.78 is 1.80. The van der Waals surface area contributed by atoms with E-state index in [4.69, 9.17) is 0 Å². The molecule has 6 nitrogen and oxygen atoms in total. The Bertz CT molecular complexity index is 1010. The molecular weight excluding hydrogens is 464 g/mol. The van der Waals surface area contributed by atoms with Gasteiger partial charge < -0.3 is 15.6 Å². The molecule has 3 amide bonds. The SMILES string of the molecule is O=C(Nc1ccc(N2CCNC2=O)cc1)c1c[nH]c2cc(Br)c(Br)cc12. The molecule has 1 saturated heterocycles.